The Morgan fingerprint density at radius 2 is 1.74 bits per heavy atom. The smallest absolute Gasteiger partial charge is 0.211 e. The van der Waals surface area contributed by atoms with Crippen molar-refractivity contribution in [1.82, 2.24) is 0 Å². The lowest BCUT2D eigenvalue weighted by molar-refractivity contribution is 0.306. The van der Waals surface area contributed by atoms with Gasteiger partial charge in [-0.1, -0.05) is 46.9 Å². The second kappa shape index (κ2) is 8.06. The fourth-order valence-electron chi connectivity index (χ4n) is 1.72. The predicted octanol–water partition coefficient (Wildman–Crippen LogP) is 3.83. The van der Waals surface area contributed by atoms with Gasteiger partial charge in [-0.05, 0) is 29.8 Å². The number of rotatable bonds is 5. The van der Waals surface area contributed by atoms with Crippen LogP contribution in [0, 0.1) is 0 Å². The summed E-state index contributed by atoms with van der Waals surface area (Å²) in [6.07, 6.45) is 1.41. The van der Waals surface area contributed by atoms with Crippen molar-refractivity contribution in [2.75, 3.05) is 0 Å². The van der Waals surface area contributed by atoms with Crippen molar-refractivity contribution >= 4 is 47.0 Å². The molecule has 8 heteroatoms. The molecule has 0 aliphatic heterocycles. The molecular weight excluding hydrogens is 359 g/mol. The highest BCUT2D eigenvalue weighted by molar-refractivity contribution is 6.36. The molecule has 0 atom stereocenters. The third-order valence-electron chi connectivity index (χ3n) is 2.70. The number of ether oxygens (including phenoxy) is 1. The first kappa shape index (κ1) is 17.4. The summed E-state index contributed by atoms with van der Waals surface area (Å²) in [5.41, 5.74) is 11.9. The van der Waals surface area contributed by atoms with Gasteiger partial charge < -0.3 is 16.2 Å². The van der Waals surface area contributed by atoms with Gasteiger partial charge in [0.2, 0.25) is 5.96 Å². The summed E-state index contributed by atoms with van der Waals surface area (Å²) < 4.78 is 5.77. The van der Waals surface area contributed by atoms with E-state index in [0.717, 1.165) is 5.56 Å². The Hall–Kier alpha value is -1.95. The molecule has 4 N–H and O–H groups in total. The molecule has 0 fully saturated rings. The topological polar surface area (TPSA) is 86.0 Å². The number of halogens is 3. The zero-order chi connectivity index (χ0) is 16.8. The Balaban J connectivity index is 2.24. The molecule has 120 valence electrons. The molecule has 2 aromatic rings. The molecule has 0 unspecified atom stereocenters. The van der Waals surface area contributed by atoms with Crippen LogP contribution < -0.4 is 16.2 Å². The average molecular weight is 372 g/mol. The maximum atomic E-state index is 6.19. The maximum Gasteiger partial charge on any atom is 0.211 e. The first-order chi connectivity index (χ1) is 11.0. The van der Waals surface area contributed by atoms with Crippen LogP contribution in [-0.4, -0.2) is 12.2 Å². The molecule has 0 amide bonds. The van der Waals surface area contributed by atoms with Crippen LogP contribution >= 0.6 is 34.8 Å². The molecule has 2 aromatic carbocycles. The van der Waals surface area contributed by atoms with Crippen LogP contribution in [0.25, 0.3) is 0 Å². The van der Waals surface area contributed by atoms with E-state index in [0.29, 0.717) is 33.0 Å². The molecule has 0 saturated heterocycles. The van der Waals surface area contributed by atoms with Crippen molar-refractivity contribution < 1.29 is 4.74 Å². The van der Waals surface area contributed by atoms with Crippen LogP contribution in [0.1, 0.15) is 11.1 Å². The van der Waals surface area contributed by atoms with Crippen LogP contribution in [0.3, 0.4) is 0 Å². The minimum Gasteiger partial charge on any atom is -0.487 e. The van der Waals surface area contributed by atoms with Crippen molar-refractivity contribution in [2.24, 2.45) is 21.7 Å². The maximum absolute atomic E-state index is 6.19. The zero-order valence-electron chi connectivity index (χ0n) is 11.8. The fraction of sp³-hybridized carbons (Fsp3) is 0.0667. The molecule has 0 bridgehead atoms. The van der Waals surface area contributed by atoms with Crippen molar-refractivity contribution in [3.05, 3.63) is 62.6 Å². The van der Waals surface area contributed by atoms with Gasteiger partial charge in [0, 0.05) is 15.6 Å². The number of nitrogens with zero attached hydrogens (tertiary/aromatic N) is 2. The first-order valence-electron chi connectivity index (χ1n) is 6.44. The fourth-order valence-corrected chi connectivity index (χ4v) is 2.41. The van der Waals surface area contributed by atoms with Crippen molar-refractivity contribution in [1.29, 1.82) is 0 Å². The molecule has 5 nitrogen and oxygen atoms in total. The molecule has 0 radical (unpaired) electrons. The number of hydrogen-bond donors (Lipinski definition) is 2. The van der Waals surface area contributed by atoms with E-state index in [4.69, 9.17) is 51.0 Å². The summed E-state index contributed by atoms with van der Waals surface area (Å²) in [6, 6.07) is 10.5. The molecule has 2 rings (SSSR count). The molecule has 0 aromatic heterocycles. The van der Waals surface area contributed by atoms with Crippen LogP contribution in [0.5, 0.6) is 5.75 Å². The quantitative estimate of drug-likeness (QED) is 0.476. The van der Waals surface area contributed by atoms with E-state index in [1.807, 2.05) is 12.1 Å². The van der Waals surface area contributed by atoms with E-state index in [2.05, 4.69) is 10.2 Å². The van der Waals surface area contributed by atoms with Crippen molar-refractivity contribution in [3.63, 3.8) is 0 Å². The second-order valence-corrected chi connectivity index (χ2v) is 5.77. The van der Waals surface area contributed by atoms with Crippen LogP contribution in [0.4, 0.5) is 0 Å². The molecule has 0 heterocycles. The summed E-state index contributed by atoms with van der Waals surface area (Å²) in [5, 5.41) is 8.74. The van der Waals surface area contributed by atoms with Gasteiger partial charge in [0.15, 0.2) is 0 Å². The van der Waals surface area contributed by atoms with Crippen LogP contribution in [0.2, 0.25) is 15.1 Å². The van der Waals surface area contributed by atoms with Gasteiger partial charge in [-0.3, -0.25) is 0 Å². The monoisotopic (exact) mass is 370 g/mol. The summed E-state index contributed by atoms with van der Waals surface area (Å²) in [5.74, 6) is 0.276. The first-order valence-corrected chi connectivity index (χ1v) is 7.57. The van der Waals surface area contributed by atoms with E-state index in [9.17, 15) is 0 Å². The Morgan fingerprint density at radius 3 is 2.39 bits per heavy atom. The predicted molar refractivity (Wildman–Crippen MR) is 95.6 cm³/mol. The average Bonchev–Trinajstić information content (AvgIpc) is 2.47. The van der Waals surface area contributed by atoms with Gasteiger partial charge in [0.25, 0.3) is 0 Å². The Labute approximate surface area is 148 Å². The lowest BCUT2D eigenvalue weighted by Crippen LogP contribution is -2.21. The molecule has 0 aliphatic rings. The van der Waals surface area contributed by atoms with E-state index >= 15 is 0 Å². The van der Waals surface area contributed by atoms with Crippen LogP contribution in [-0.2, 0) is 6.61 Å². The Morgan fingerprint density at radius 1 is 1.04 bits per heavy atom. The van der Waals surface area contributed by atoms with E-state index in [-0.39, 0.29) is 5.96 Å². The number of benzene rings is 2. The highest BCUT2D eigenvalue weighted by Gasteiger charge is 2.10. The van der Waals surface area contributed by atoms with Gasteiger partial charge in [0.05, 0.1) is 11.2 Å². The van der Waals surface area contributed by atoms with Gasteiger partial charge in [-0.2, -0.15) is 5.10 Å². The summed E-state index contributed by atoms with van der Waals surface area (Å²) in [6.45, 7) is 0.307. The lowest BCUT2D eigenvalue weighted by atomic mass is 10.2. The normalized spacial score (nSPS) is 10.7. The largest absolute Gasteiger partial charge is 0.487 e. The molecule has 0 spiro atoms. The van der Waals surface area contributed by atoms with E-state index in [1.54, 1.807) is 24.3 Å². The van der Waals surface area contributed by atoms with Crippen molar-refractivity contribution in [2.45, 2.75) is 6.61 Å². The van der Waals surface area contributed by atoms with Gasteiger partial charge in [-0.15, -0.1) is 5.10 Å². The van der Waals surface area contributed by atoms with E-state index < -0.39 is 0 Å². The highest BCUT2D eigenvalue weighted by atomic mass is 35.5. The third-order valence-corrected chi connectivity index (χ3v) is 3.45. The minimum atomic E-state index is -0.155. The van der Waals surface area contributed by atoms with Gasteiger partial charge in [-0.25, -0.2) is 0 Å². The number of nitrogens with two attached hydrogens (primary N) is 2. The van der Waals surface area contributed by atoms with Gasteiger partial charge in [0.1, 0.15) is 12.4 Å². The number of hydrogen-bond acceptors (Lipinski definition) is 3. The summed E-state index contributed by atoms with van der Waals surface area (Å²) in [4.78, 5) is 0. The van der Waals surface area contributed by atoms with Crippen molar-refractivity contribution in [3.8, 4) is 5.75 Å². The second-order valence-electron chi connectivity index (χ2n) is 4.49. The molecule has 0 aliphatic carbocycles. The Bertz CT molecular complexity index is 741. The van der Waals surface area contributed by atoms with E-state index in [1.165, 1.54) is 6.21 Å². The van der Waals surface area contributed by atoms with Gasteiger partial charge >= 0.3 is 0 Å². The standard InChI is InChI=1S/C15H13Cl3N4O/c16-11-3-1-9(2-4-11)8-23-14-10(7-21-22-15(19)20)5-12(17)6-13(14)18/h1-7H,8H2,(H4,19,20,22)/b21-7+. The lowest BCUT2D eigenvalue weighted by Gasteiger charge is -2.11. The van der Waals surface area contributed by atoms with Crippen LogP contribution in [0.15, 0.2) is 46.6 Å². The minimum absolute atomic E-state index is 0.155. The highest BCUT2D eigenvalue weighted by Crippen LogP contribution is 2.32. The number of guanidine groups is 1. The zero-order valence-corrected chi connectivity index (χ0v) is 14.1. The Kier molecular flexibility index (Phi) is 6.10. The molecule has 23 heavy (non-hydrogen) atoms. The molecule has 0 saturated carbocycles. The summed E-state index contributed by atoms with van der Waals surface area (Å²) in [7, 11) is 0. The SMILES string of the molecule is NC(N)=N/N=C/c1cc(Cl)cc(Cl)c1OCc1ccc(Cl)cc1. The molecular formula is C15H13Cl3N4O. The third kappa shape index (κ3) is 5.32. The summed E-state index contributed by atoms with van der Waals surface area (Å²) >= 11 is 18.0.